The summed E-state index contributed by atoms with van der Waals surface area (Å²) < 4.78 is 39.1. The summed E-state index contributed by atoms with van der Waals surface area (Å²) in [5, 5.41) is 8.36. The van der Waals surface area contributed by atoms with E-state index in [1.54, 1.807) is 21.9 Å². The number of likely N-dealkylation sites (tertiary alicyclic amines) is 2. The van der Waals surface area contributed by atoms with Gasteiger partial charge in [0.2, 0.25) is 0 Å². The largest absolute Gasteiger partial charge is 0.483 e. The van der Waals surface area contributed by atoms with Gasteiger partial charge in [-0.05, 0) is 139 Å². The number of piperidine rings is 2. The molecular weight excluding hydrogens is 939 g/mol. The second-order valence-electron chi connectivity index (χ2n) is 20.5. The third-order valence-electron chi connectivity index (χ3n) is 13.2. The molecule has 68 heavy (non-hydrogen) atoms. The Hall–Kier alpha value is -5.91. The predicted molar refractivity (Wildman–Crippen MR) is 261 cm³/mol. The van der Waals surface area contributed by atoms with Crippen LogP contribution in [0.3, 0.4) is 0 Å². The van der Waals surface area contributed by atoms with Gasteiger partial charge in [0, 0.05) is 36.2 Å². The highest BCUT2D eigenvalue weighted by molar-refractivity contribution is 9.10. The number of nitrogens with one attached hydrogen (secondary N) is 2. The van der Waals surface area contributed by atoms with Crippen molar-refractivity contribution in [2.75, 3.05) is 49.2 Å². The Labute approximate surface area is 405 Å². The van der Waals surface area contributed by atoms with Crippen molar-refractivity contribution in [3.8, 4) is 22.6 Å². The van der Waals surface area contributed by atoms with Crippen LogP contribution in [-0.4, -0.2) is 108 Å². The van der Waals surface area contributed by atoms with Crippen LogP contribution in [0, 0.1) is 17.7 Å². The van der Waals surface area contributed by atoms with E-state index in [4.69, 9.17) is 18.9 Å². The Kier molecular flexibility index (Phi) is 13.5. The summed E-state index contributed by atoms with van der Waals surface area (Å²) >= 11 is 3.72. The maximum absolute atomic E-state index is 15.1. The van der Waals surface area contributed by atoms with Gasteiger partial charge in [0.25, 0.3) is 11.8 Å². The Morgan fingerprint density at radius 3 is 1.62 bits per heavy atom. The minimum atomic E-state index is -0.565. The van der Waals surface area contributed by atoms with Gasteiger partial charge in [-0.25, -0.2) is 24.8 Å². The fraction of sp³-hybridized carbons (Fsp3) is 0.520. The third kappa shape index (κ3) is 9.97. The molecule has 6 atom stereocenters. The number of benzene rings is 3. The van der Waals surface area contributed by atoms with E-state index in [9.17, 15) is 19.2 Å². The first-order valence-electron chi connectivity index (χ1n) is 23.4. The maximum Gasteiger partial charge on any atom is 0.410 e. The van der Waals surface area contributed by atoms with Crippen molar-refractivity contribution >= 4 is 63.0 Å². The van der Waals surface area contributed by atoms with Crippen LogP contribution in [0.5, 0.6) is 11.5 Å². The monoisotopic (exact) mass is 1000 g/mol. The molecule has 0 saturated carbocycles. The van der Waals surface area contributed by atoms with Gasteiger partial charge in [-0.2, -0.15) is 10.2 Å². The van der Waals surface area contributed by atoms with E-state index < -0.39 is 17.2 Å². The molecule has 3 aromatic rings. The van der Waals surface area contributed by atoms with Gasteiger partial charge >= 0.3 is 12.2 Å². The third-order valence-corrected chi connectivity index (χ3v) is 13.9. The van der Waals surface area contributed by atoms with E-state index in [1.807, 2.05) is 89.5 Å². The number of carbonyl (C=O) groups excluding carboxylic acids is 4. The zero-order valence-corrected chi connectivity index (χ0v) is 42.0. The summed E-state index contributed by atoms with van der Waals surface area (Å²) in [5.74, 6) is 2.63. The molecular formula is C50H62BrFN8O8. The van der Waals surface area contributed by atoms with Crippen LogP contribution in [0.4, 0.5) is 25.4 Å². The Bertz CT molecular complexity index is 2560. The number of hydrogen-bond acceptors (Lipinski definition) is 12. The molecule has 2 fully saturated rings. The van der Waals surface area contributed by atoms with Crippen molar-refractivity contribution in [3.05, 3.63) is 69.9 Å². The van der Waals surface area contributed by atoms with Gasteiger partial charge in [-0.15, -0.1) is 0 Å². The van der Waals surface area contributed by atoms with E-state index in [0.717, 1.165) is 44.7 Å². The number of amidine groups is 2. The maximum atomic E-state index is 15.1. The quantitative estimate of drug-likeness (QED) is 0.259. The number of rotatable bonds is 3. The van der Waals surface area contributed by atoms with Gasteiger partial charge in [0.1, 0.15) is 53.8 Å². The molecule has 6 aliphatic heterocycles. The van der Waals surface area contributed by atoms with Crippen molar-refractivity contribution in [1.82, 2.24) is 20.7 Å². The van der Waals surface area contributed by atoms with Gasteiger partial charge < -0.3 is 38.5 Å². The van der Waals surface area contributed by atoms with Crippen molar-refractivity contribution in [2.45, 2.75) is 117 Å². The molecule has 18 heteroatoms. The Balaban J connectivity index is 0.000000187. The molecule has 0 radical (unpaired) electrons. The first-order valence-corrected chi connectivity index (χ1v) is 24.2. The lowest BCUT2D eigenvalue weighted by atomic mass is 9.78. The summed E-state index contributed by atoms with van der Waals surface area (Å²) in [4.78, 5) is 57.3. The van der Waals surface area contributed by atoms with E-state index in [2.05, 4.69) is 56.9 Å². The number of anilines is 2. The molecule has 6 aliphatic rings. The van der Waals surface area contributed by atoms with Crippen LogP contribution in [0.1, 0.15) is 105 Å². The average molecular weight is 1000 g/mol. The van der Waals surface area contributed by atoms with Crippen LogP contribution in [-0.2, 0) is 19.1 Å². The fourth-order valence-corrected chi connectivity index (χ4v) is 10.5. The molecule has 0 bridgehead atoms. The van der Waals surface area contributed by atoms with E-state index in [-0.39, 0.29) is 66.1 Å². The summed E-state index contributed by atoms with van der Waals surface area (Å²) in [6, 6.07) is 13.9. The highest BCUT2D eigenvalue weighted by Crippen LogP contribution is 2.47. The van der Waals surface area contributed by atoms with E-state index in [0.29, 0.717) is 62.2 Å². The molecule has 3 aromatic carbocycles. The van der Waals surface area contributed by atoms with Crippen molar-refractivity contribution < 1.29 is 42.5 Å². The molecule has 0 spiro atoms. The highest BCUT2D eigenvalue weighted by atomic mass is 79.9. The van der Waals surface area contributed by atoms with E-state index in [1.165, 1.54) is 6.07 Å². The van der Waals surface area contributed by atoms with Crippen molar-refractivity contribution in [3.63, 3.8) is 0 Å². The van der Waals surface area contributed by atoms with Crippen LogP contribution < -0.4 is 30.1 Å². The lowest BCUT2D eigenvalue weighted by Crippen LogP contribution is -2.55. The zero-order chi connectivity index (χ0) is 49.0. The highest BCUT2D eigenvalue weighted by Gasteiger charge is 2.41. The van der Waals surface area contributed by atoms with Crippen LogP contribution >= 0.6 is 15.9 Å². The molecule has 2 N–H and O–H groups in total. The van der Waals surface area contributed by atoms with Gasteiger partial charge in [0.15, 0.2) is 11.7 Å². The van der Waals surface area contributed by atoms with Crippen LogP contribution in [0.25, 0.3) is 11.1 Å². The smallest absolute Gasteiger partial charge is 0.410 e. The zero-order valence-electron chi connectivity index (χ0n) is 40.4. The first kappa shape index (κ1) is 48.5. The lowest BCUT2D eigenvalue weighted by Gasteiger charge is -2.41. The molecule has 0 unspecified atom stereocenters. The first-order chi connectivity index (χ1) is 32.1. The molecule has 364 valence electrons. The molecule has 16 nitrogen and oxygen atoms in total. The molecule has 0 aromatic heterocycles. The number of ether oxygens (including phenoxy) is 4. The van der Waals surface area contributed by atoms with Crippen molar-refractivity contribution in [1.29, 1.82) is 0 Å². The standard InChI is InChI=1S/C28H33FN4O4.C22H29BrN4O4/c1-16-14-32(27(35)37-28(3,4)5)11-10-18(16)20-12-23-24(13-21(20)19-8-6-7-9-22(19)29)36-15-25-30-31-26(34)17(2)33(23)25;1-12-10-26(21(29)31-22(3,4)5)7-6-14(12)15-8-17-18(9-16(15)23)30-11-19-24-25-20(28)13(2)27(17)19/h6-9,12-13,16-18H,10-11,14-15H2,1-5H3,(H,31,34);8-9,12-14H,6-7,10-11H2,1-5H3,(H,25,28)/t16-,17+,18+;12-,13+,14+/m00/s1. The minimum Gasteiger partial charge on any atom is -0.483 e. The number of hydrazone groups is 2. The topological polar surface area (TPSA) is 167 Å². The fourth-order valence-electron chi connectivity index (χ4n) is 9.85. The van der Waals surface area contributed by atoms with E-state index >= 15 is 4.39 Å². The summed E-state index contributed by atoms with van der Waals surface area (Å²) in [6.45, 7) is 22.0. The minimum absolute atomic E-state index is 0.0508. The van der Waals surface area contributed by atoms with Gasteiger partial charge in [-0.3, -0.25) is 9.59 Å². The number of nitrogens with zero attached hydrogens (tertiary/aromatic N) is 6. The number of carbonyl (C=O) groups is 4. The van der Waals surface area contributed by atoms with Crippen molar-refractivity contribution in [2.24, 2.45) is 22.0 Å². The molecule has 2 saturated heterocycles. The summed E-state index contributed by atoms with van der Waals surface area (Å²) in [6.07, 6.45) is 0.943. The predicted octanol–water partition coefficient (Wildman–Crippen LogP) is 8.72. The number of fused-ring (bicyclic) bond motifs is 6. The van der Waals surface area contributed by atoms with Gasteiger partial charge in [0.05, 0.1) is 11.4 Å². The Morgan fingerprint density at radius 2 is 1.15 bits per heavy atom. The molecule has 6 heterocycles. The summed E-state index contributed by atoms with van der Waals surface area (Å²) in [5.41, 5.74) is 9.00. The SMILES string of the molecule is C[C@@H]1C(=O)NN=C2COc3cc(-c4ccccc4F)c([C@@H]4CCN(C(=O)OC(C)(C)C)C[C@@H]4C)cc3N21.C[C@@H]1C(=O)NN=C2COc3cc(Br)c([C@@H]4CCN(C(=O)OC(C)(C)C)C[C@@H]4C)cc3N21. The summed E-state index contributed by atoms with van der Waals surface area (Å²) in [7, 11) is 0. The molecule has 4 amide bonds. The van der Waals surface area contributed by atoms with Crippen LogP contribution in [0.2, 0.25) is 0 Å². The molecule has 9 rings (SSSR count). The average Bonchev–Trinajstić information content (AvgIpc) is 3.27. The number of hydrogen-bond donors (Lipinski definition) is 2. The molecule has 0 aliphatic carbocycles. The number of amides is 4. The number of halogens is 2. The second-order valence-corrected chi connectivity index (χ2v) is 21.4. The second kappa shape index (κ2) is 18.9. The van der Waals surface area contributed by atoms with Crippen LogP contribution in [0.15, 0.2) is 63.2 Å². The normalized spacial score (nSPS) is 24.4. The van der Waals surface area contributed by atoms with Gasteiger partial charge in [-0.1, -0.05) is 48.0 Å². The Morgan fingerprint density at radius 1 is 0.691 bits per heavy atom. The lowest BCUT2D eigenvalue weighted by molar-refractivity contribution is -0.123.